The highest BCUT2D eigenvalue weighted by molar-refractivity contribution is 6.33. The molecule has 0 spiro atoms. The van der Waals surface area contributed by atoms with Gasteiger partial charge in [0.05, 0.1) is 33.1 Å². The molecule has 394 valence electrons. The first kappa shape index (κ1) is 46.2. The number of para-hydroxylation sites is 4. The third kappa shape index (κ3) is 6.04. The number of nitrogens with zero attached hydrogens (tertiary/aromatic N) is 2. The molecule has 0 bridgehead atoms. The van der Waals surface area contributed by atoms with Gasteiger partial charge >= 0.3 is 0 Å². The van der Waals surface area contributed by atoms with Crippen molar-refractivity contribution in [3.8, 4) is 55.6 Å². The van der Waals surface area contributed by atoms with E-state index in [0.29, 0.717) is 0 Å². The maximum absolute atomic E-state index is 2.56. The van der Waals surface area contributed by atoms with Crippen LogP contribution in [-0.2, 0) is 0 Å². The third-order valence-corrected chi connectivity index (χ3v) is 19.6. The van der Waals surface area contributed by atoms with Crippen LogP contribution in [0.2, 0.25) is 0 Å². The van der Waals surface area contributed by atoms with E-state index in [1.54, 1.807) is 0 Å². The van der Waals surface area contributed by atoms with E-state index in [-0.39, 0.29) is 0 Å². The van der Waals surface area contributed by atoms with Crippen LogP contribution < -0.4 is 0 Å². The average molecular weight is 1090 g/mol. The summed E-state index contributed by atoms with van der Waals surface area (Å²) in [7, 11) is 0. The van der Waals surface area contributed by atoms with E-state index >= 15 is 0 Å². The average Bonchev–Trinajstić information content (AvgIpc) is 1.62. The van der Waals surface area contributed by atoms with Gasteiger partial charge in [-0.15, -0.1) is 0 Å². The molecular weight excluding hydrogens is 1040 g/mol. The monoisotopic (exact) mass is 1080 g/mol. The van der Waals surface area contributed by atoms with Gasteiger partial charge in [0.2, 0.25) is 0 Å². The Morgan fingerprint density at radius 1 is 0.163 bits per heavy atom. The second-order valence-corrected chi connectivity index (χ2v) is 23.7. The van der Waals surface area contributed by atoms with Gasteiger partial charge in [0, 0.05) is 43.1 Å². The first-order valence-corrected chi connectivity index (χ1v) is 30.0. The molecule has 0 amide bonds. The molecule has 20 aromatic rings. The van der Waals surface area contributed by atoms with Crippen LogP contribution >= 0.6 is 0 Å². The van der Waals surface area contributed by atoms with Gasteiger partial charge in [-0.1, -0.05) is 255 Å². The van der Waals surface area contributed by atoms with Gasteiger partial charge in [-0.25, -0.2) is 0 Å². The molecule has 0 saturated carbocycles. The van der Waals surface area contributed by atoms with Crippen molar-refractivity contribution in [1.29, 1.82) is 0 Å². The minimum Gasteiger partial charge on any atom is -0.308 e. The van der Waals surface area contributed by atoms with E-state index in [0.717, 1.165) is 0 Å². The highest BCUT2D eigenvalue weighted by atomic mass is 14.9. The van der Waals surface area contributed by atoms with Crippen molar-refractivity contribution in [3.63, 3.8) is 0 Å². The highest BCUT2D eigenvalue weighted by Crippen LogP contribution is 2.53. The zero-order chi connectivity index (χ0) is 55.9. The number of benzene rings is 16. The van der Waals surface area contributed by atoms with Crippen molar-refractivity contribution < 1.29 is 0 Å². The summed E-state index contributed by atoms with van der Waals surface area (Å²) in [5.74, 6) is 0. The molecule has 0 aliphatic rings. The summed E-state index contributed by atoms with van der Waals surface area (Å²) >= 11 is 0. The molecule has 0 radical (unpaired) electrons. The minimum absolute atomic E-state index is 1.22. The standard InChI is InChI=1S/C84H48N2/c1-3-23-51-49(19-1)21-9-27-53(51)55-29-11-33-63-71(55)47-72-56(54-28-10-22-50-20-2-4-24-52(50)54)30-12-34-64(72)81(63)82-65-35-13-31-57(61-37-17-45-77-79(61)69-41-15-39-67-59-25-5-7-43-75(59)85(77)83(67)69)73(65)48-74-58(32-14-36-66(74)82)62-38-18-46-78-80(62)70-42-16-40-68-60-26-6-8-44-76(60)86(78)84(68)70/h1-48H. The lowest BCUT2D eigenvalue weighted by Crippen LogP contribution is -1.95. The molecule has 86 heavy (non-hydrogen) atoms. The zero-order valence-corrected chi connectivity index (χ0v) is 46.6. The Morgan fingerprint density at radius 2 is 0.419 bits per heavy atom. The number of rotatable bonds is 5. The smallest absolute Gasteiger partial charge is 0.0620 e. The van der Waals surface area contributed by atoms with E-state index in [1.165, 1.54) is 196 Å². The van der Waals surface area contributed by atoms with Crippen LogP contribution in [0.1, 0.15) is 0 Å². The molecule has 2 heteroatoms. The van der Waals surface area contributed by atoms with Crippen LogP contribution in [0.25, 0.3) is 196 Å². The molecule has 0 atom stereocenters. The van der Waals surface area contributed by atoms with Crippen molar-refractivity contribution >= 4 is 141 Å². The third-order valence-electron chi connectivity index (χ3n) is 19.6. The van der Waals surface area contributed by atoms with Crippen molar-refractivity contribution in [2.24, 2.45) is 0 Å². The molecule has 16 aromatic carbocycles. The van der Waals surface area contributed by atoms with Crippen molar-refractivity contribution in [2.45, 2.75) is 0 Å². The van der Waals surface area contributed by atoms with Crippen molar-refractivity contribution in [1.82, 2.24) is 8.80 Å². The van der Waals surface area contributed by atoms with Crippen LogP contribution in [0, 0.1) is 0 Å². The molecule has 2 nitrogen and oxygen atoms in total. The molecule has 4 aromatic heterocycles. The van der Waals surface area contributed by atoms with Gasteiger partial charge < -0.3 is 8.80 Å². The maximum atomic E-state index is 2.56. The van der Waals surface area contributed by atoms with Crippen molar-refractivity contribution in [3.05, 3.63) is 291 Å². The molecule has 20 rings (SSSR count). The predicted octanol–water partition coefficient (Wildman–Crippen LogP) is 23.2. The lowest BCUT2D eigenvalue weighted by Gasteiger charge is -2.22. The predicted molar refractivity (Wildman–Crippen MR) is 368 cm³/mol. The van der Waals surface area contributed by atoms with Crippen LogP contribution in [-0.4, -0.2) is 8.80 Å². The lowest BCUT2D eigenvalue weighted by atomic mass is 9.80. The Bertz CT molecular complexity index is 5940. The second kappa shape index (κ2) is 17.1. The summed E-state index contributed by atoms with van der Waals surface area (Å²) < 4.78 is 5.03. The minimum atomic E-state index is 1.22. The van der Waals surface area contributed by atoms with E-state index in [9.17, 15) is 0 Å². The first-order valence-electron chi connectivity index (χ1n) is 30.0. The van der Waals surface area contributed by atoms with Gasteiger partial charge in [0.1, 0.15) is 0 Å². The van der Waals surface area contributed by atoms with E-state index in [1.807, 2.05) is 0 Å². The molecule has 0 unspecified atom stereocenters. The number of hydrogen-bond acceptors (Lipinski definition) is 0. The van der Waals surface area contributed by atoms with Crippen LogP contribution in [0.4, 0.5) is 0 Å². The Balaban J connectivity index is 0.973. The SMILES string of the molecule is c1ccc2c(-c3cccc4c(-c5c6cccc(-c7cccc8c7c7cccc9c%10ccccc%10n8c97)c6cc6c(-c7cccc8c7c7cccc9c%10ccccc%10n8c97)cccc56)c5cccc(-c6cccc7ccccc67)c5cc34)cccc2c1. The summed E-state index contributed by atoms with van der Waals surface area (Å²) in [6, 6.07) is 110. The van der Waals surface area contributed by atoms with Crippen molar-refractivity contribution in [2.75, 3.05) is 0 Å². The molecular formula is C84H48N2. The van der Waals surface area contributed by atoms with Gasteiger partial charge in [0.25, 0.3) is 0 Å². The quantitative estimate of drug-likeness (QED) is 0.152. The zero-order valence-electron chi connectivity index (χ0n) is 46.6. The Labute approximate surface area is 493 Å². The summed E-state index contributed by atoms with van der Waals surface area (Å²) in [6.45, 7) is 0. The Kier molecular flexibility index (Phi) is 9.21. The van der Waals surface area contributed by atoms with E-state index < -0.39 is 0 Å². The van der Waals surface area contributed by atoms with Crippen LogP contribution in [0.5, 0.6) is 0 Å². The molecule has 0 saturated heterocycles. The molecule has 4 heterocycles. The highest BCUT2D eigenvalue weighted by Gasteiger charge is 2.27. The maximum Gasteiger partial charge on any atom is 0.0620 e. The van der Waals surface area contributed by atoms with Crippen LogP contribution in [0.3, 0.4) is 0 Å². The van der Waals surface area contributed by atoms with E-state index in [2.05, 4.69) is 300 Å². The van der Waals surface area contributed by atoms with Crippen LogP contribution in [0.15, 0.2) is 291 Å². The second-order valence-electron chi connectivity index (χ2n) is 23.7. The summed E-state index contributed by atoms with van der Waals surface area (Å²) in [4.78, 5) is 0. The largest absolute Gasteiger partial charge is 0.308 e. The number of aromatic nitrogens is 2. The molecule has 0 fully saturated rings. The van der Waals surface area contributed by atoms with Gasteiger partial charge in [-0.05, 0) is 157 Å². The summed E-state index contributed by atoms with van der Waals surface area (Å²) in [6.07, 6.45) is 0. The molecule has 0 aliphatic carbocycles. The lowest BCUT2D eigenvalue weighted by molar-refractivity contribution is 1.37. The number of fused-ring (bicyclic) bond motifs is 18. The summed E-state index contributed by atoms with van der Waals surface area (Å²) in [5, 5.41) is 25.0. The Hall–Kier alpha value is -11.3. The fraction of sp³-hybridized carbons (Fsp3) is 0. The molecule has 0 aliphatic heterocycles. The number of hydrogen-bond donors (Lipinski definition) is 0. The topological polar surface area (TPSA) is 8.82 Å². The van der Waals surface area contributed by atoms with E-state index in [4.69, 9.17) is 0 Å². The fourth-order valence-electron chi connectivity index (χ4n) is 16.1. The normalized spacial score (nSPS) is 12.4. The van der Waals surface area contributed by atoms with Gasteiger partial charge in [0.15, 0.2) is 0 Å². The first-order chi connectivity index (χ1) is 42.7. The van der Waals surface area contributed by atoms with Gasteiger partial charge in [-0.2, -0.15) is 0 Å². The van der Waals surface area contributed by atoms with Gasteiger partial charge in [-0.3, -0.25) is 0 Å². The molecule has 0 N–H and O–H groups in total. The summed E-state index contributed by atoms with van der Waals surface area (Å²) in [5.41, 5.74) is 19.7. The fourth-order valence-corrected chi connectivity index (χ4v) is 16.1. The Morgan fingerprint density at radius 3 is 0.837 bits per heavy atom.